The summed E-state index contributed by atoms with van der Waals surface area (Å²) < 4.78 is 44.9. The Morgan fingerprint density at radius 1 is 1.21 bits per heavy atom. The minimum atomic E-state index is -4.67. The fourth-order valence-corrected chi connectivity index (χ4v) is 1.52. The Morgan fingerprint density at radius 3 is 2.74 bits per heavy atom. The van der Waals surface area contributed by atoms with Gasteiger partial charge in [0.05, 0.1) is 12.7 Å². The first-order valence-corrected chi connectivity index (χ1v) is 5.48. The Hall–Kier alpha value is -2.02. The van der Waals surface area contributed by atoms with Crippen molar-refractivity contribution in [3.8, 4) is 5.75 Å². The van der Waals surface area contributed by atoms with Crippen LogP contribution in [-0.2, 0) is 13.1 Å². The molecule has 1 aromatic carbocycles. The quantitative estimate of drug-likeness (QED) is 0.909. The fraction of sp³-hybridized carbons (Fsp3) is 0.250. The second-order valence-corrected chi connectivity index (χ2v) is 3.78. The molecule has 0 bridgehead atoms. The molecule has 1 N–H and O–H groups in total. The number of hydrogen-bond acceptors (Lipinski definition) is 4. The van der Waals surface area contributed by atoms with Crippen LogP contribution in [-0.4, -0.2) is 11.5 Å². The second kappa shape index (κ2) is 5.75. The van der Waals surface area contributed by atoms with Gasteiger partial charge in [-0.25, -0.2) is 0 Å². The summed E-state index contributed by atoms with van der Waals surface area (Å²) in [6, 6.07) is 7.51. The number of halogens is 3. The molecule has 0 amide bonds. The van der Waals surface area contributed by atoms with Crippen LogP contribution in [0.4, 0.5) is 13.2 Å². The number of nitrogens with one attached hydrogen (secondary N) is 1. The van der Waals surface area contributed by atoms with Crippen molar-refractivity contribution in [3.63, 3.8) is 0 Å². The average molecular weight is 272 g/mol. The molecule has 0 radical (unpaired) electrons. The zero-order valence-corrected chi connectivity index (χ0v) is 9.78. The number of alkyl halides is 3. The van der Waals surface area contributed by atoms with Gasteiger partial charge in [-0.3, -0.25) is 0 Å². The van der Waals surface area contributed by atoms with Gasteiger partial charge in [0.15, 0.2) is 0 Å². The molecule has 102 valence electrons. The van der Waals surface area contributed by atoms with Gasteiger partial charge >= 0.3 is 6.36 Å². The highest BCUT2D eigenvalue weighted by Crippen LogP contribution is 2.23. The van der Waals surface area contributed by atoms with E-state index in [1.807, 2.05) is 0 Å². The maximum absolute atomic E-state index is 12.1. The lowest BCUT2D eigenvalue weighted by molar-refractivity contribution is -0.274. The summed E-state index contributed by atoms with van der Waals surface area (Å²) in [7, 11) is 0. The summed E-state index contributed by atoms with van der Waals surface area (Å²) in [6.07, 6.45) is -3.15. The summed E-state index contributed by atoms with van der Waals surface area (Å²) in [5, 5.41) is 6.57. The molecule has 0 atom stereocenters. The van der Waals surface area contributed by atoms with Crippen LogP contribution in [0.15, 0.2) is 41.1 Å². The lowest BCUT2D eigenvalue weighted by Crippen LogP contribution is -2.17. The molecule has 0 saturated carbocycles. The van der Waals surface area contributed by atoms with Crippen molar-refractivity contribution in [1.29, 1.82) is 0 Å². The highest BCUT2D eigenvalue weighted by molar-refractivity contribution is 5.28. The molecular weight excluding hydrogens is 261 g/mol. The SMILES string of the molecule is FC(F)(F)Oc1cccc(CNCc2ccno2)c1. The van der Waals surface area contributed by atoms with E-state index >= 15 is 0 Å². The third kappa shape index (κ3) is 4.63. The third-order valence-electron chi connectivity index (χ3n) is 2.25. The molecule has 0 aliphatic carbocycles. The average Bonchev–Trinajstić information content (AvgIpc) is 2.80. The lowest BCUT2D eigenvalue weighted by Gasteiger charge is -2.10. The Bertz CT molecular complexity index is 512. The van der Waals surface area contributed by atoms with Gasteiger partial charge in [-0.05, 0) is 17.7 Å². The summed E-state index contributed by atoms with van der Waals surface area (Å²) in [6.45, 7) is 0.847. The van der Waals surface area contributed by atoms with E-state index in [4.69, 9.17) is 4.52 Å². The molecule has 4 nitrogen and oxygen atoms in total. The van der Waals surface area contributed by atoms with Crippen LogP contribution in [0.5, 0.6) is 5.75 Å². The van der Waals surface area contributed by atoms with Crippen LogP contribution in [0.3, 0.4) is 0 Å². The van der Waals surface area contributed by atoms with E-state index in [1.54, 1.807) is 12.1 Å². The van der Waals surface area contributed by atoms with Crippen LogP contribution in [0.2, 0.25) is 0 Å². The number of benzene rings is 1. The molecule has 0 aliphatic rings. The highest BCUT2D eigenvalue weighted by Gasteiger charge is 2.31. The van der Waals surface area contributed by atoms with Crippen molar-refractivity contribution in [2.24, 2.45) is 0 Å². The summed E-state index contributed by atoms with van der Waals surface area (Å²) in [5.74, 6) is 0.425. The van der Waals surface area contributed by atoms with E-state index in [0.717, 1.165) is 0 Å². The molecule has 0 aliphatic heterocycles. The number of ether oxygens (including phenoxy) is 1. The maximum atomic E-state index is 12.1. The van der Waals surface area contributed by atoms with E-state index < -0.39 is 6.36 Å². The largest absolute Gasteiger partial charge is 0.573 e. The molecule has 2 rings (SSSR count). The highest BCUT2D eigenvalue weighted by atomic mass is 19.4. The van der Waals surface area contributed by atoms with E-state index in [1.165, 1.54) is 24.4 Å². The molecule has 0 unspecified atom stereocenters. The van der Waals surface area contributed by atoms with Crippen molar-refractivity contribution in [2.45, 2.75) is 19.5 Å². The number of hydrogen-bond donors (Lipinski definition) is 1. The molecule has 1 heterocycles. The Balaban J connectivity index is 1.88. The zero-order valence-electron chi connectivity index (χ0n) is 9.78. The monoisotopic (exact) mass is 272 g/mol. The Morgan fingerprint density at radius 2 is 2.05 bits per heavy atom. The first-order valence-electron chi connectivity index (χ1n) is 5.48. The fourth-order valence-electron chi connectivity index (χ4n) is 1.52. The van der Waals surface area contributed by atoms with Crippen LogP contribution in [0.25, 0.3) is 0 Å². The molecule has 19 heavy (non-hydrogen) atoms. The molecule has 0 spiro atoms. The van der Waals surface area contributed by atoms with Crippen molar-refractivity contribution in [3.05, 3.63) is 47.9 Å². The van der Waals surface area contributed by atoms with Gasteiger partial charge in [-0.15, -0.1) is 13.2 Å². The molecule has 1 aromatic heterocycles. The Kier molecular flexibility index (Phi) is 4.06. The van der Waals surface area contributed by atoms with Crippen LogP contribution >= 0.6 is 0 Å². The summed E-state index contributed by atoms with van der Waals surface area (Å²) >= 11 is 0. The van der Waals surface area contributed by atoms with E-state index in [-0.39, 0.29) is 5.75 Å². The van der Waals surface area contributed by atoms with Gasteiger partial charge in [0.2, 0.25) is 0 Å². The topological polar surface area (TPSA) is 47.3 Å². The zero-order chi connectivity index (χ0) is 13.7. The van der Waals surface area contributed by atoms with Gasteiger partial charge in [-0.1, -0.05) is 17.3 Å². The predicted molar refractivity (Wildman–Crippen MR) is 60.2 cm³/mol. The Labute approximate surface area is 107 Å². The van der Waals surface area contributed by atoms with Gasteiger partial charge in [0.1, 0.15) is 11.5 Å². The first-order chi connectivity index (χ1) is 9.03. The van der Waals surface area contributed by atoms with Crippen LogP contribution < -0.4 is 10.1 Å². The van der Waals surface area contributed by atoms with Gasteiger partial charge in [0.25, 0.3) is 0 Å². The van der Waals surface area contributed by atoms with Crippen molar-refractivity contribution >= 4 is 0 Å². The van der Waals surface area contributed by atoms with E-state index in [2.05, 4.69) is 15.2 Å². The number of nitrogens with zero attached hydrogens (tertiary/aromatic N) is 1. The smallest absolute Gasteiger partial charge is 0.406 e. The standard InChI is InChI=1S/C12H11F3N2O2/c13-12(14,15)18-10-3-1-2-9(6-10)7-16-8-11-4-5-17-19-11/h1-6,16H,7-8H2. The third-order valence-corrected chi connectivity index (χ3v) is 2.25. The minimum absolute atomic E-state index is 0.230. The second-order valence-electron chi connectivity index (χ2n) is 3.78. The summed E-state index contributed by atoms with van der Waals surface area (Å²) in [4.78, 5) is 0. The molecule has 0 fully saturated rings. The minimum Gasteiger partial charge on any atom is -0.406 e. The van der Waals surface area contributed by atoms with Crippen LogP contribution in [0, 0.1) is 0 Å². The lowest BCUT2D eigenvalue weighted by atomic mass is 10.2. The van der Waals surface area contributed by atoms with Gasteiger partial charge < -0.3 is 14.6 Å². The molecule has 7 heteroatoms. The van der Waals surface area contributed by atoms with Gasteiger partial charge in [-0.2, -0.15) is 0 Å². The van der Waals surface area contributed by atoms with Crippen molar-refractivity contribution in [1.82, 2.24) is 10.5 Å². The van der Waals surface area contributed by atoms with Crippen molar-refractivity contribution < 1.29 is 22.4 Å². The van der Waals surface area contributed by atoms with Crippen molar-refractivity contribution in [2.75, 3.05) is 0 Å². The van der Waals surface area contributed by atoms with Crippen LogP contribution in [0.1, 0.15) is 11.3 Å². The maximum Gasteiger partial charge on any atom is 0.573 e. The normalized spacial score (nSPS) is 11.5. The number of rotatable bonds is 5. The predicted octanol–water partition coefficient (Wildman–Crippen LogP) is 2.86. The van der Waals surface area contributed by atoms with E-state index in [9.17, 15) is 13.2 Å². The first kappa shape index (κ1) is 13.4. The molecular formula is C12H11F3N2O2. The summed E-state index contributed by atoms with van der Waals surface area (Å²) in [5.41, 5.74) is 0.682. The number of aromatic nitrogens is 1. The molecule has 2 aromatic rings. The van der Waals surface area contributed by atoms with Gasteiger partial charge in [0, 0.05) is 12.6 Å². The van der Waals surface area contributed by atoms with E-state index in [0.29, 0.717) is 24.4 Å². The molecule has 0 saturated heterocycles.